The first-order valence-corrected chi connectivity index (χ1v) is 8.61. The van der Waals surface area contributed by atoms with Crippen LogP contribution in [0.15, 0.2) is 0 Å². The van der Waals surface area contributed by atoms with Crippen LogP contribution in [0.3, 0.4) is 0 Å². The lowest BCUT2D eigenvalue weighted by atomic mass is 9.98. The van der Waals surface area contributed by atoms with Crippen LogP contribution in [0.25, 0.3) is 0 Å². The Balaban J connectivity index is 1.90. The molecule has 0 radical (unpaired) electrons. The fourth-order valence-electron chi connectivity index (χ4n) is 3.42. The van der Waals surface area contributed by atoms with Gasteiger partial charge in [-0.2, -0.15) is 13.9 Å². The van der Waals surface area contributed by atoms with E-state index in [9.17, 15) is 18.0 Å². The van der Waals surface area contributed by atoms with Gasteiger partial charge in [0.25, 0.3) is 5.92 Å². The predicted molar refractivity (Wildman–Crippen MR) is 85.2 cm³/mol. The number of nitrogens with zero attached hydrogens (tertiary/aromatic N) is 3. The minimum Gasteiger partial charge on any atom is -0.444 e. The first-order chi connectivity index (χ1) is 11.6. The molecule has 8 heteroatoms. The minimum atomic E-state index is -3.07. The molecule has 1 amide bonds. The standard InChI is InChI=1S/C17H24F3N3O2/c1-16(2,3)25-15(24)22-7-5-13-12(10-22)14-17(19,20)6-4-11(8-18)9-23(14)21-13/h11H,4-10H2,1-3H3. The van der Waals surface area contributed by atoms with Gasteiger partial charge in [-0.1, -0.05) is 0 Å². The molecule has 2 aliphatic rings. The molecule has 1 aromatic heterocycles. The molecule has 0 saturated carbocycles. The van der Waals surface area contributed by atoms with Crippen LogP contribution in [-0.4, -0.2) is 39.6 Å². The van der Waals surface area contributed by atoms with Crippen molar-refractivity contribution >= 4 is 6.09 Å². The van der Waals surface area contributed by atoms with Crippen LogP contribution in [0.5, 0.6) is 0 Å². The number of ether oxygens (including phenoxy) is 1. The third-order valence-corrected chi connectivity index (χ3v) is 4.62. The minimum absolute atomic E-state index is 0.0511. The van der Waals surface area contributed by atoms with Crippen molar-refractivity contribution in [3.63, 3.8) is 0 Å². The maximum atomic E-state index is 14.7. The summed E-state index contributed by atoms with van der Waals surface area (Å²) in [7, 11) is 0. The summed E-state index contributed by atoms with van der Waals surface area (Å²) in [6.07, 6.45) is -0.397. The molecule has 1 aromatic rings. The zero-order chi connectivity index (χ0) is 18.4. The molecular formula is C17H24F3N3O2. The number of fused-ring (bicyclic) bond motifs is 3. The summed E-state index contributed by atoms with van der Waals surface area (Å²) >= 11 is 0. The van der Waals surface area contributed by atoms with Gasteiger partial charge in [-0.3, -0.25) is 9.07 Å². The Hall–Kier alpha value is -1.73. The highest BCUT2D eigenvalue weighted by molar-refractivity contribution is 5.68. The van der Waals surface area contributed by atoms with Crippen LogP contribution in [-0.2, 0) is 30.2 Å². The van der Waals surface area contributed by atoms with E-state index in [1.54, 1.807) is 20.8 Å². The highest BCUT2D eigenvalue weighted by Crippen LogP contribution is 2.41. The second kappa shape index (κ2) is 6.21. The predicted octanol–water partition coefficient (Wildman–Crippen LogP) is 3.65. The zero-order valence-electron chi connectivity index (χ0n) is 14.8. The summed E-state index contributed by atoms with van der Waals surface area (Å²) in [5.74, 6) is -3.52. The fraction of sp³-hybridized carbons (Fsp3) is 0.765. The van der Waals surface area contributed by atoms with Gasteiger partial charge >= 0.3 is 6.09 Å². The Labute approximate surface area is 145 Å². The molecule has 1 atom stereocenters. The van der Waals surface area contributed by atoms with Gasteiger partial charge in [-0.25, -0.2) is 4.79 Å². The zero-order valence-corrected chi connectivity index (χ0v) is 14.8. The van der Waals surface area contributed by atoms with Gasteiger partial charge in [0.1, 0.15) is 11.3 Å². The maximum absolute atomic E-state index is 14.7. The van der Waals surface area contributed by atoms with E-state index < -0.39 is 36.6 Å². The van der Waals surface area contributed by atoms with Crippen molar-refractivity contribution in [3.05, 3.63) is 17.0 Å². The van der Waals surface area contributed by atoms with Crippen molar-refractivity contribution < 1.29 is 22.7 Å². The number of alkyl halides is 3. The first-order valence-electron chi connectivity index (χ1n) is 8.61. The molecule has 140 valence electrons. The monoisotopic (exact) mass is 359 g/mol. The molecule has 3 rings (SSSR count). The molecule has 3 heterocycles. The van der Waals surface area contributed by atoms with Crippen LogP contribution in [0, 0.1) is 5.92 Å². The van der Waals surface area contributed by atoms with Crippen LogP contribution in [0.1, 0.15) is 50.6 Å². The average molecular weight is 359 g/mol. The van der Waals surface area contributed by atoms with Gasteiger partial charge in [0.05, 0.1) is 18.9 Å². The van der Waals surface area contributed by atoms with Gasteiger partial charge in [0, 0.05) is 37.4 Å². The molecule has 5 nitrogen and oxygen atoms in total. The van der Waals surface area contributed by atoms with Crippen molar-refractivity contribution in [1.29, 1.82) is 0 Å². The van der Waals surface area contributed by atoms with Crippen molar-refractivity contribution in [2.45, 2.75) is 64.6 Å². The number of hydrogen-bond donors (Lipinski definition) is 0. The number of carbonyl (C=O) groups is 1. The van der Waals surface area contributed by atoms with Crippen LogP contribution in [0.4, 0.5) is 18.0 Å². The molecule has 0 bridgehead atoms. The summed E-state index contributed by atoms with van der Waals surface area (Å²) in [5.41, 5.74) is 0.160. The van der Waals surface area contributed by atoms with Crippen LogP contribution < -0.4 is 0 Å². The number of amides is 1. The van der Waals surface area contributed by atoms with E-state index >= 15 is 0 Å². The lowest BCUT2D eigenvalue weighted by Gasteiger charge is -2.30. The number of aromatic nitrogens is 2. The smallest absolute Gasteiger partial charge is 0.410 e. The molecule has 0 fully saturated rings. The molecule has 0 saturated heterocycles. The molecule has 2 aliphatic heterocycles. The Morgan fingerprint density at radius 2 is 2.12 bits per heavy atom. The molecule has 0 aromatic carbocycles. The summed E-state index contributed by atoms with van der Waals surface area (Å²) < 4.78 is 49.0. The molecular weight excluding hydrogens is 335 g/mol. The normalized spacial score (nSPS) is 22.8. The van der Waals surface area contributed by atoms with Crippen LogP contribution in [0.2, 0.25) is 0 Å². The Bertz CT molecular complexity index is 667. The van der Waals surface area contributed by atoms with Gasteiger partial charge in [-0.15, -0.1) is 0 Å². The van der Waals surface area contributed by atoms with E-state index in [0.29, 0.717) is 24.2 Å². The fourth-order valence-corrected chi connectivity index (χ4v) is 3.42. The largest absolute Gasteiger partial charge is 0.444 e. The van der Waals surface area contributed by atoms with Gasteiger partial charge in [0.15, 0.2) is 0 Å². The first kappa shape index (κ1) is 18.1. The van der Waals surface area contributed by atoms with E-state index in [1.165, 1.54) is 9.58 Å². The van der Waals surface area contributed by atoms with E-state index in [-0.39, 0.29) is 25.2 Å². The lowest BCUT2D eigenvalue weighted by molar-refractivity contribution is -0.0228. The Morgan fingerprint density at radius 1 is 1.40 bits per heavy atom. The topological polar surface area (TPSA) is 47.4 Å². The summed E-state index contributed by atoms with van der Waals surface area (Å²) in [6, 6.07) is 0. The number of rotatable bonds is 1. The second-order valence-electron chi connectivity index (χ2n) is 7.87. The number of halogens is 3. The van der Waals surface area contributed by atoms with E-state index in [4.69, 9.17) is 4.74 Å². The number of hydrogen-bond acceptors (Lipinski definition) is 3. The van der Waals surface area contributed by atoms with Crippen molar-refractivity contribution in [2.75, 3.05) is 13.2 Å². The van der Waals surface area contributed by atoms with Gasteiger partial charge in [-0.05, 0) is 27.2 Å². The molecule has 25 heavy (non-hydrogen) atoms. The van der Waals surface area contributed by atoms with Gasteiger partial charge < -0.3 is 9.64 Å². The average Bonchev–Trinajstić information content (AvgIpc) is 2.81. The maximum Gasteiger partial charge on any atom is 0.410 e. The third-order valence-electron chi connectivity index (χ3n) is 4.62. The third kappa shape index (κ3) is 3.62. The highest BCUT2D eigenvalue weighted by Gasteiger charge is 2.44. The molecule has 0 N–H and O–H groups in total. The van der Waals surface area contributed by atoms with Crippen molar-refractivity contribution in [1.82, 2.24) is 14.7 Å². The SMILES string of the molecule is CC(C)(C)OC(=O)N1CCc2nn3c(c2C1)C(F)(F)CCC(CF)C3. The van der Waals surface area contributed by atoms with E-state index in [2.05, 4.69) is 5.10 Å². The summed E-state index contributed by atoms with van der Waals surface area (Å²) in [6.45, 7) is 5.23. The Morgan fingerprint density at radius 3 is 2.76 bits per heavy atom. The molecule has 0 spiro atoms. The van der Waals surface area contributed by atoms with E-state index in [0.717, 1.165) is 0 Å². The second-order valence-corrected chi connectivity index (χ2v) is 7.87. The summed E-state index contributed by atoms with van der Waals surface area (Å²) in [4.78, 5) is 13.7. The van der Waals surface area contributed by atoms with Crippen molar-refractivity contribution in [3.8, 4) is 0 Å². The molecule has 1 unspecified atom stereocenters. The van der Waals surface area contributed by atoms with Gasteiger partial charge in [0.2, 0.25) is 0 Å². The Kier molecular flexibility index (Phi) is 4.49. The highest BCUT2D eigenvalue weighted by atomic mass is 19.3. The molecule has 0 aliphatic carbocycles. The lowest BCUT2D eigenvalue weighted by Crippen LogP contribution is -2.40. The van der Waals surface area contributed by atoms with Crippen LogP contribution >= 0.6 is 0 Å². The number of carbonyl (C=O) groups excluding carboxylic acids is 1. The van der Waals surface area contributed by atoms with Crippen molar-refractivity contribution in [2.24, 2.45) is 5.92 Å². The quantitative estimate of drug-likeness (QED) is 0.769. The summed E-state index contributed by atoms with van der Waals surface area (Å²) in [5, 5.41) is 4.30. The van der Waals surface area contributed by atoms with E-state index in [1.807, 2.05) is 0 Å².